The number of rotatable bonds is 2. The predicted octanol–water partition coefficient (Wildman–Crippen LogP) is 3.46. The van der Waals surface area contributed by atoms with Crippen LogP contribution in [0, 0.1) is 6.92 Å². The van der Waals surface area contributed by atoms with Gasteiger partial charge in [-0.25, -0.2) is 0 Å². The molecule has 4 heteroatoms. The minimum atomic E-state index is -0.144. The van der Waals surface area contributed by atoms with E-state index in [1.54, 1.807) is 6.07 Å². The van der Waals surface area contributed by atoms with Crippen molar-refractivity contribution in [2.75, 3.05) is 0 Å². The SMILES string of the molecule is Cc1cccc(-c2cc(-c3ccc(O)c(O)c3)[nH]n2)c1. The van der Waals surface area contributed by atoms with E-state index in [1.807, 2.05) is 31.2 Å². The summed E-state index contributed by atoms with van der Waals surface area (Å²) in [6, 6.07) is 14.7. The lowest BCUT2D eigenvalue weighted by atomic mass is 10.1. The Morgan fingerprint density at radius 3 is 2.50 bits per heavy atom. The molecular formula is C16H14N2O2. The molecule has 0 aliphatic carbocycles. The van der Waals surface area contributed by atoms with E-state index in [4.69, 9.17) is 0 Å². The van der Waals surface area contributed by atoms with E-state index >= 15 is 0 Å². The maximum absolute atomic E-state index is 9.54. The lowest BCUT2D eigenvalue weighted by molar-refractivity contribution is 0.404. The first-order valence-corrected chi connectivity index (χ1v) is 6.28. The monoisotopic (exact) mass is 266 g/mol. The molecule has 20 heavy (non-hydrogen) atoms. The molecule has 3 aromatic rings. The fourth-order valence-corrected chi connectivity index (χ4v) is 2.11. The summed E-state index contributed by atoms with van der Waals surface area (Å²) in [5, 5.41) is 26.1. The van der Waals surface area contributed by atoms with E-state index in [2.05, 4.69) is 16.3 Å². The van der Waals surface area contributed by atoms with E-state index < -0.39 is 0 Å². The molecule has 1 heterocycles. The maximum Gasteiger partial charge on any atom is 0.158 e. The van der Waals surface area contributed by atoms with Crippen molar-refractivity contribution in [2.45, 2.75) is 6.92 Å². The van der Waals surface area contributed by atoms with Gasteiger partial charge in [0.05, 0.1) is 11.4 Å². The Balaban J connectivity index is 1.99. The van der Waals surface area contributed by atoms with Crippen LogP contribution in [0.25, 0.3) is 22.5 Å². The molecule has 0 bridgehead atoms. The second kappa shape index (κ2) is 4.74. The van der Waals surface area contributed by atoms with Gasteiger partial charge in [-0.15, -0.1) is 0 Å². The van der Waals surface area contributed by atoms with Gasteiger partial charge in [0.1, 0.15) is 0 Å². The second-order valence-corrected chi connectivity index (χ2v) is 4.74. The van der Waals surface area contributed by atoms with Gasteiger partial charge in [0.15, 0.2) is 11.5 Å². The number of aromatic nitrogens is 2. The van der Waals surface area contributed by atoms with Crippen LogP contribution >= 0.6 is 0 Å². The molecule has 1 aromatic heterocycles. The smallest absolute Gasteiger partial charge is 0.158 e. The van der Waals surface area contributed by atoms with E-state index in [0.717, 1.165) is 22.5 Å². The Morgan fingerprint density at radius 1 is 0.900 bits per heavy atom. The van der Waals surface area contributed by atoms with E-state index in [-0.39, 0.29) is 11.5 Å². The Morgan fingerprint density at radius 2 is 1.75 bits per heavy atom. The van der Waals surface area contributed by atoms with Crippen molar-refractivity contribution in [3.8, 4) is 34.0 Å². The highest BCUT2D eigenvalue weighted by Crippen LogP contribution is 2.31. The number of nitrogens with one attached hydrogen (secondary N) is 1. The molecule has 2 aromatic carbocycles. The molecule has 0 fully saturated rings. The van der Waals surface area contributed by atoms with Crippen LogP contribution in [0.2, 0.25) is 0 Å². The van der Waals surface area contributed by atoms with Gasteiger partial charge in [0, 0.05) is 11.1 Å². The lowest BCUT2D eigenvalue weighted by Gasteiger charge is -2.00. The molecule has 0 aliphatic heterocycles. The number of aromatic amines is 1. The number of benzene rings is 2. The number of phenolic OH excluding ortho intramolecular Hbond substituents is 2. The Bertz CT molecular complexity index is 763. The molecule has 0 spiro atoms. The van der Waals surface area contributed by atoms with Crippen molar-refractivity contribution in [1.82, 2.24) is 10.2 Å². The topological polar surface area (TPSA) is 69.1 Å². The molecule has 0 unspecified atom stereocenters. The maximum atomic E-state index is 9.54. The van der Waals surface area contributed by atoms with Gasteiger partial charge >= 0.3 is 0 Å². The number of aryl methyl sites for hydroxylation is 1. The third-order valence-corrected chi connectivity index (χ3v) is 3.18. The molecule has 0 atom stereocenters. The average Bonchev–Trinajstić information content (AvgIpc) is 2.92. The zero-order valence-corrected chi connectivity index (χ0v) is 11.0. The van der Waals surface area contributed by atoms with Gasteiger partial charge in [-0.3, -0.25) is 5.10 Å². The van der Waals surface area contributed by atoms with Crippen LogP contribution < -0.4 is 0 Å². The number of nitrogens with zero attached hydrogens (tertiary/aromatic N) is 1. The zero-order chi connectivity index (χ0) is 14.1. The third kappa shape index (κ3) is 2.23. The quantitative estimate of drug-likeness (QED) is 0.622. The summed E-state index contributed by atoms with van der Waals surface area (Å²) >= 11 is 0. The first kappa shape index (κ1) is 12.3. The highest BCUT2D eigenvalue weighted by Gasteiger charge is 2.08. The van der Waals surface area contributed by atoms with Crippen LogP contribution in [0.3, 0.4) is 0 Å². The van der Waals surface area contributed by atoms with Gasteiger partial charge in [-0.05, 0) is 37.3 Å². The van der Waals surface area contributed by atoms with Gasteiger partial charge in [-0.2, -0.15) is 5.10 Å². The van der Waals surface area contributed by atoms with Crippen LogP contribution in [0.4, 0.5) is 0 Å². The van der Waals surface area contributed by atoms with Crippen LogP contribution in [0.15, 0.2) is 48.5 Å². The third-order valence-electron chi connectivity index (χ3n) is 3.18. The highest BCUT2D eigenvalue weighted by atomic mass is 16.3. The summed E-state index contributed by atoms with van der Waals surface area (Å²) in [5.41, 5.74) is 4.62. The Labute approximate surface area is 116 Å². The number of hydrogen-bond acceptors (Lipinski definition) is 3. The largest absolute Gasteiger partial charge is 0.504 e. The van der Waals surface area contributed by atoms with Gasteiger partial charge < -0.3 is 10.2 Å². The molecule has 100 valence electrons. The first-order valence-electron chi connectivity index (χ1n) is 6.28. The molecule has 3 rings (SSSR count). The van der Waals surface area contributed by atoms with Crippen LogP contribution in [0.5, 0.6) is 11.5 Å². The van der Waals surface area contributed by atoms with E-state index in [0.29, 0.717) is 0 Å². The van der Waals surface area contributed by atoms with Crippen LogP contribution in [0.1, 0.15) is 5.56 Å². The highest BCUT2D eigenvalue weighted by molar-refractivity contribution is 5.70. The molecule has 0 saturated heterocycles. The number of H-pyrrole nitrogens is 1. The van der Waals surface area contributed by atoms with Crippen molar-refractivity contribution < 1.29 is 10.2 Å². The summed E-state index contributed by atoms with van der Waals surface area (Å²) in [6.07, 6.45) is 0. The van der Waals surface area contributed by atoms with Gasteiger partial charge in [0.25, 0.3) is 0 Å². The van der Waals surface area contributed by atoms with Crippen molar-refractivity contribution in [2.24, 2.45) is 0 Å². The van der Waals surface area contributed by atoms with Crippen LogP contribution in [-0.4, -0.2) is 20.4 Å². The molecule has 3 N–H and O–H groups in total. The Kier molecular flexibility index (Phi) is 2.91. The molecule has 0 radical (unpaired) electrons. The molecule has 0 aliphatic rings. The van der Waals surface area contributed by atoms with Crippen LogP contribution in [-0.2, 0) is 0 Å². The number of aromatic hydroxyl groups is 2. The predicted molar refractivity (Wildman–Crippen MR) is 77.5 cm³/mol. The zero-order valence-electron chi connectivity index (χ0n) is 11.0. The first-order chi connectivity index (χ1) is 9.63. The van der Waals surface area contributed by atoms with Crippen molar-refractivity contribution in [3.63, 3.8) is 0 Å². The fourth-order valence-electron chi connectivity index (χ4n) is 2.11. The molecule has 0 saturated carbocycles. The van der Waals surface area contributed by atoms with Crippen molar-refractivity contribution in [1.29, 1.82) is 0 Å². The van der Waals surface area contributed by atoms with Crippen molar-refractivity contribution >= 4 is 0 Å². The average molecular weight is 266 g/mol. The molecule has 4 nitrogen and oxygen atoms in total. The summed E-state index contributed by atoms with van der Waals surface area (Å²) in [5.74, 6) is -0.277. The number of hydrogen-bond donors (Lipinski definition) is 3. The molecular weight excluding hydrogens is 252 g/mol. The number of phenols is 2. The summed E-state index contributed by atoms with van der Waals surface area (Å²) < 4.78 is 0. The normalized spacial score (nSPS) is 10.7. The minimum absolute atomic E-state index is 0.132. The molecule has 0 amide bonds. The summed E-state index contributed by atoms with van der Waals surface area (Å²) in [4.78, 5) is 0. The minimum Gasteiger partial charge on any atom is -0.504 e. The lowest BCUT2D eigenvalue weighted by Crippen LogP contribution is -1.78. The van der Waals surface area contributed by atoms with Gasteiger partial charge in [0.2, 0.25) is 0 Å². The van der Waals surface area contributed by atoms with E-state index in [9.17, 15) is 10.2 Å². The second-order valence-electron chi connectivity index (χ2n) is 4.74. The fraction of sp³-hybridized carbons (Fsp3) is 0.0625. The van der Waals surface area contributed by atoms with E-state index in [1.165, 1.54) is 17.7 Å². The Hall–Kier alpha value is -2.75. The summed E-state index contributed by atoms with van der Waals surface area (Å²) in [6.45, 7) is 2.04. The van der Waals surface area contributed by atoms with Gasteiger partial charge in [-0.1, -0.05) is 23.8 Å². The summed E-state index contributed by atoms with van der Waals surface area (Å²) in [7, 11) is 0. The standard InChI is InChI=1S/C16H14N2O2/c1-10-3-2-4-11(7-10)13-9-14(18-17-13)12-5-6-15(19)16(20)8-12/h2-9,19-20H,1H3,(H,17,18). The van der Waals surface area contributed by atoms with Crippen molar-refractivity contribution in [3.05, 3.63) is 54.1 Å².